The molecule has 0 radical (unpaired) electrons. The van der Waals surface area contributed by atoms with Gasteiger partial charge in [-0.05, 0) is 43.7 Å². The van der Waals surface area contributed by atoms with Crippen LogP contribution in [0.3, 0.4) is 0 Å². The summed E-state index contributed by atoms with van der Waals surface area (Å²) < 4.78 is 44.8. The fraction of sp³-hybridized carbons (Fsp3) is 0.696. The Labute approximate surface area is 185 Å². The van der Waals surface area contributed by atoms with Gasteiger partial charge in [-0.1, -0.05) is 6.92 Å². The minimum absolute atomic E-state index is 0.0574. The Hall–Kier alpha value is -2.00. The number of halogens is 3. The Balaban J connectivity index is 1.51. The number of carbonyl (C=O) groups is 2. The van der Waals surface area contributed by atoms with E-state index in [0.717, 1.165) is 31.5 Å². The summed E-state index contributed by atoms with van der Waals surface area (Å²) in [7, 11) is 0. The first-order valence-corrected chi connectivity index (χ1v) is 11.4. The number of ketones is 1. The van der Waals surface area contributed by atoms with E-state index in [9.17, 15) is 22.8 Å². The third-order valence-corrected chi connectivity index (χ3v) is 7.13. The number of Topliss-reactive ketones (excluding diaryl/α,β-unsaturated/α-hetero) is 1. The molecule has 32 heavy (non-hydrogen) atoms. The smallest absolute Gasteiger partial charge is 0.381 e. The summed E-state index contributed by atoms with van der Waals surface area (Å²) in [4.78, 5) is 32.2. The lowest BCUT2D eigenvalue weighted by Crippen LogP contribution is -2.50. The van der Waals surface area contributed by atoms with E-state index in [4.69, 9.17) is 4.74 Å². The zero-order valence-electron chi connectivity index (χ0n) is 18.3. The molecule has 9 heteroatoms. The van der Waals surface area contributed by atoms with Crippen LogP contribution in [0, 0.1) is 5.41 Å². The largest absolute Gasteiger partial charge is 0.417 e. The molecule has 1 aliphatic carbocycles. The van der Waals surface area contributed by atoms with Gasteiger partial charge in [0.15, 0.2) is 0 Å². The fourth-order valence-electron chi connectivity index (χ4n) is 5.35. The van der Waals surface area contributed by atoms with Gasteiger partial charge >= 0.3 is 6.18 Å². The van der Waals surface area contributed by atoms with Crippen LogP contribution in [-0.4, -0.2) is 53.4 Å². The first-order valence-electron chi connectivity index (χ1n) is 11.4. The molecule has 3 heterocycles. The van der Waals surface area contributed by atoms with Crippen LogP contribution < -0.4 is 5.32 Å². The third-order valence-electron chi connectivity index (χ3n) is 7.13. The average Bonchev–Trinajstić information content (AvgIpc) is 3.22. The second-order valence-electron chi connectivity index (χ2n) is 9.16. The van der Waals surface area contributed by atoms with E-state index in [0.29, 0.717) is 56.3 Å². The quantitative estimate of drug-likeness (QED) is 0.693. The zero-order valence-corrected chi connectivity index (χ0v) is 18.3. The van der Waals surface area contributed by atoms with Crippen molar-refractivity contribution in [3.8, 4) is 0 Å². The molecule has 1 unspecified atom stereocenters. The van der Waals surface area contributed by atoms with Gasteiger partial charge in [-0.3, -0.25) is 14.6 Å². The zero-order chi connectivity index (χ0) is 22.9. The topological polar surface area (TPSA) is 71.5 Å². The highest BCUT2D eigenvalue weighted by Gasteiger charge is 2.52. The average molecular weight is 454 g/mol. The van der Waals surface area contributed by atoms with Gasteiger partial charge in [-0.15, -0.1) is 0 Å². The molecule has 1 N–H and O–H groups in total. The van der Waals surface area contributed by atoms with Gasteiger partial charge in [0.1, 0.15) is 11.2 Å². The van der Waals surface area contributed by atoms with Crippen LogP contribution in [0.1, 0.15) is 62.3 Å². The Morgan fingerprint density at radius 3 is 2.69 bits per heavy atom. The molecule has 2 aliphatic heterocycles. The number of ether oxygens (including phenoxy) is 1. The van der Waals surface area contributed by atoms with Crippen LogP contribution in [0.2, 0.25) is 0 Å². The van der Waals surface area contributed by atoms with E-state index in [2.05, 4.69) is 10.3 Å². The van der Waals surface area contributed by atoms with Gasteiger partial charge in [0.25, 0.3) is 0 Å². The molecule has 176 valence electrons. The summed E-state index contributed by atoms with van der Waals surface area (Å²) >= 11 is 0. The lowest BCUT2D eigenvalue weighted by atomic mass is 9.78. The molecule has 0 bridgehead atoms. The predicted molar refractivity (Wildman–Crippen MR) is 111 cm³/mol. The number of pyridine rings is 1. The highest BCUT2D eigenvalue weighted by Crippen LogP contribution is 2.43. The number of hydrogen-bond acceptors (Lipinski definition) is 5. The predicted octanol–water partition coefficient (Wildman–Crippen LogP) is 3.27. The van der Waals surface area contributed by atoms with Gasteiger partial charge in [0, 0.05) is 63.1 Å². The van der Waals surface area contributed by atoms with E-state index < -0.39 is 17.2 Å². The first kappa shape index (κ1) is 23.2. The van der Waals surface area contributed by atoms with Gasteiger partial charge in [-0.2, -0.15) is 13.2 Å². The summed E-state index contributed by atoms with van der Waals surface area (Å²) in [6.45, 7) is 3.61. The van der Waals surface area contributed by atoms with Crippen LogP contribution in [0.15, 0.2) is 12.3 Å². The SMILES string of the molecule is CCC(=O)C1(C(=O)N2CCc3ncc(C(F)(F)F)cc3C2)CC[C@@H](NC2CCOCC2)C1. The maximum atomic E-state index is 13.7. The van der Waals surface area contributed by atoms with Crippen molar-refractivity contribution in [1.82, 2.24) is 15.2 Å². The molecular weight excluding hydrogens is 423 g/mol. The van der Waals surface area contributed by atoms with Gasteiger partial charge < -0.3 is 15.0 Å². The van der Waals surface area contributed by atoms with Crippen LogP contribution in [0.4, 0.5) is 13.2 Å². The van der Waals surface area contributed by atoms with E-state index in [1.54, 1.807) is 11.8 Å². The molecule has 6 nitrogen and oxygen atoms in total. The van der Waals surface area contributed by atoms with Crippen molar-refractivity contribution in [2.24, 2.45) is 5.41 Å². The van der Waals surface area contributed by atoms with Crippen molar-refractivity contribution in [2.45, 2.75) is 76.7 Å². The van der Waals surface area contributed by atoms with Gasteiger partial charge in [0.05, 0.1) is 5.56 Å². The fourth-order valence-corrected chi connectivity index (χ4v) is 5.35. The lowest BCUT2D eigenvalue weighted by molar-refractivity contribution is -0.150. The number of nitrogens with one attached hydrogen (secondary N) is 1. The number of hydrogen-bond donors (Lipinski definition) is 1. The summed E-state index contributed by atoms with van der Waals surface area (Å²) in [6.07, 6.45) is 0.499. The molecule has 2 fully saturated rings. The molecule has 3 aliphatic rings. The van der Waals surface area contributed by atoms with E-state index in [1.807, 2.05) is 0 Å². The molecule has 1 aromatic rings. The minimum atomic E-state index is -4.48. The molecule has 1 aromatic heterocycles. The van der Waals surface area contributed by atoms with Crippen molar-refractivity contribution < 1.29 is 27.5 Å². The van der Waals surface area contributed by atoms with Crippen molar-refractivity contribution in [2.75, 3.05) is 19.8 Å². The van der Waals surface area contributed by atoms with Crippen molar-refractivity contribution in [3.63, 3.8) is 0 Å². The number of fused-ring (bicyclic) bond motifs is 1. The van der Waals surface area contributed by atoms with E-state index in [-0.39, 0.29) is 30.7 Å². The molecular formula is C23H30F3N3O3. The highest BCUT2D eigenvalue weighted by molar-refractivity contribution is 6.06. The van der Waals surface area contributed by atoms with Crippen molar-refractivity contribution >= 4 is 11.7 Å². The molecule has 2 atom stereocenters. The van der Waals surface area contributed by atoms with Crippen molar-refractivity contribution in [3.05, 3.63) is 29.1 Å². The first-order chi connectivity index (χ1) is 15.2. The second-order valence-corrected chi connectivity index (χ2v) is 9.16. The van der Waals surface area contributed by atoms with Crippen LogP contribution >= 0.6 is 0 Å². The molecule has 1 saturated carbocycles. The summed E-state index contributed by atoms with van der Waals surface area (Å²) in [5.41, 5.74) is -0.910. The van der Waals surface area contributed by atoms with Crippen molar-refractivity contribution in [1.29, 1.82) is 0 Å². The van der Waals surface area contributed by atoms with Crippen LogP contribution in [0.5, 0.6) is 0 Å². The molecule has 0 aromatic carbocycles. The van der Waals surface area contributed by atoms with Gasteiger partial charge in [-0.25, -0.2) is 0 Å². The molecule has 1 saturated heterocycles. The molecule has 0 spiro atoms. The second kappa shape index (κ2) is 9.09. The Morgan fingerprint density at radius 2 is 2.00 bits per heavy atom. The lowest BCUT2D eigenvalue weighted by Gasteiger charge is -2.36. The Bertz CT molecular complexity index is 870. The van der Waals surface area contributed by atoms with Crippen LogP contribution in [-0.2, 0) is 33.5 Å². The Morgan fingerprint density at radius 1 is 1.25 bits per heavy atom. The minimum Gasteiger partial charge on any atom is -0.381 e. The number of amides is 1. The third kappa shape index (κ3) is 4.55. The number of nitrogens with zero attached hydrogens (tertiary/aromatic N) is 2. The number of aromatic nitrogens is 1. The standard InChI is InChI=1S/C23H30F3N3O3/c1-2-20(30)22(7-3-18(12-22)28-17-5-9-32-10-6-17)21(31)29-8-4-19-15(14-29)11-16(13-27-19)23(24,25)26/h11,13,17-18,28H,2-10,12,14H2,1H3/t18-,22?/m1/s1. The summed E-state index contributed by atoms with van der Waals surface area (Å²) in [6, 6.07) is 1.48. The highest BCUT2D eigenvalue weighted by atomic mass is 19.4. The maximum absolute atomic E-state index is 13.7. The molecule has 4 rings (SSSR count). The van der Waals surface area contributed by atoms with E-state index >= 15 is 0 Å². The number of rotatable bonds is 5. The number of carbonyl (C=O) groups excluding carboxylic acids is 2. The maximum Gasteiger partial charge on any atom is 0.417 e. The van der Waals surface area contributed by atoms with Crippen LogP contribution in [0.25, 0.3) is 0 Å². The summed E-state index contributed by atoms with van der Waals surface area (Å²) in [5, 5.41) is 3.61. The normalized spacial score (nSPS) is 26.8. The van der Waals surface area contributed by atoms with E-state index in [1.165, 1.54) is 0 Å². The summed E-state index contributed by atoms with van der Waals surface area (Å²) in [5.74, 6) is -0.324. The van der Waals surface area contributed by atoms with Gasteiger partial charge in [0.2, 0.25) is 5.91 Å². The monoisotopic (exact) mass is 453 g/mol. The Kier molecular flexibility index (Phi) is 6.58. The molecule has 1 amide bonds. The number of alkyl halides is 3.